The second-order valence-electron chi connectivity index (χ2n) is 6.54. The summed E-state index contributed by atoms with van der Waals surface area (Å²) in [7, 11) is 0. The number of fused-ring (bicyclic) bond motifs is 1. The monoisotopic (exact) mass is 398 g/mol. The Balaban J connectivity index is 1.58. The number of amides is 1. The highest BCUT2D eigenvalue weighted by molar-refractivity contribution is 7.98. The number of nitrogens with zero attached hydrogens (tertiary/aromatic N) is 3. The molecule has 1 N–H and O–H groups in total. The smallest absolute Gasteiger partial charge is 0.228 e. The number of aromatic nitrogens is 2. The van der Waals surface area contributed by atoms with E-state index in [-0.39, 0.29) is 12.3 Å². The van der Waals surface area contributed by atoms with Crippen LogP contribution in [0.15, 0.2) is 78.1 Å². The van der Waals surface area contributed by atoms with Crippen molar-refractivity contribution in [2.75, 3.05) is 11.6 Å². The van der Waals surface area contributed by atoms with Gasteiger partial charge in [-0.05, 0) is 66.4 Å². The van der Waals surface area contributed by atoms with E-state index in [1.165, 1.54) is 0 Å². The van der Waals surface area contributed by atoms with Crippen LogP contribution in [0.4, 0.5) is 5.69 Å². The molecule has 0 bridgehead atoms. The third kappa shape index (κ3) is 4.00. The van der Waals surface area contributed by atoms with E-state index in [0.717, 1.165) is 32.9 Å². The lowest BCUT2D eigenvalue weighted by molar-refractivity contribution is -0.115. The van der Waals surface area contributed by atoms with Gasteiger partial charge in [0, 0.05) is 29.2 Å². The maximum Gasteiger partial charge on any atom is 0.228 e. The summed E-state index contributed by atoms with van der Waals surface area (Å²) in [5.41, 5.74) is 4.31. The SMILES string of the molecule is CSc1cc2cc(C#N)ccc2n1-c1ccc(NC(=O)Cc2cccnc2)cc1. The molecule has 0 aliphatic heterocycles. The van der Waals surface area contributed by atoms with Crippen LogP contribution in [0, 0.1) is 11.3 Å². The van der Waals surface area contributed by atoms with E-state index in [1.807, 2.05) is 60.9 Å². The molecule has 0 fully saturated rings. The molecule has 2 aromatic heterocycles. The number of carbonyl (C=O) groups excluding carboxylic acids is 1. The number of thioether (sulfide) groups is 1. The quantitative estimate of drug-likeness (QED) is 0.490. The molecule has 0 saturated carbocycles. The van der Waals surface area contributed by atoms with Crippen LogP contribution in [0.5, 0.6) is 0 Å². The lowest BCUT2D eigenvalue weighted by Gasteiger charge is -2.11. The van der Waals surface area contributed by atoms with Crippen molar-refractivity contribution in [2.45, 2.75) is 11.4 Å². The highest BCUT2D eigenvalue weighted by Crippen LogP contribution is 2.31. The number of nitrogens with one attached hydrogen (secondary N) is 1. The van der Waals surface area contributed by atoms with Gasteiger partial charge in [-0.1, -0.05) is 6.07 Å². The molecule has 0 radical (unpaired) electrons. The summed E-state index contributed by atoms with van der Waals surface area (Å²) < 4.78 is 2.16. The van der Waals surface area contributed by atoms with Crippen molar-refractivity contribution in [1.29, 1.82) is 5.26 Å². The molecule has 2 heterocycles. The Morgan fingerprint density at radius 1 is 1.17 bits per heavy atom. The first-order valence-electron chi connectivity index (χ1n) is 9.07. The van der Waals surface area contributed by atoms with Crippen LogP contribution < -0.4 is 5.32 Å². The van der Waals surface area contributed by atoms with Crippen molar-refractivity contribution in [3.05, 3.63) is 84.2 Å². The molecular weight excluding hydrogens is 380 g/mol. The van der Waals surface area contributed by atoms with Gasteiger partial charge in [-0.15, -0.1) is 11.8 Å². The Bertz CT molecular complexity index is 1210. The number of pyridine rings is 1. The average Bonchev–Trinajstić information content (AvgIpc) is 3.12. The lowest BCUT2D eigenvalue weighted by Crippen LogP contribution is -2.14. The number of anilines is 1. The number of carbonyl (C=O) groups is 1. The van der Waals surface area contributed by atoms with Crippen LogP contribution in [-0.2, 0) is 11.2 Å². The van der Waals surface area contributed by atoms with Crippen molar-refractivity contribution in [3.8, 4) is 11.8 Å². The molecule has 142 valence electrons. The molecule has 0 atom stereocenters. The molecule has 2 aromatic carbocycles. The summed E-state index contributed by atoms with van der Waals surface area (Å²) in [5, 5.41) is 14.2. The van der Waals surface area contributed by atoms with Gasteiger partial charge in [0.2, 0.25) is 5.91 Å². The van der Waals surface area contributed by atoms with E-state index in [2.05, 4.69) is 27.0 Å². The third-order valence-corrected chi connectivity index (χ3v) is 5.32. The minimum atomic E-state index is -0.0778. The first-order chi connectivity index (χ1) is 14.2. The average molecular weight is 398 g/mol. The van der Waals surface area contributed by atoms with Crippen LogP contribution in [0.3, 0.4) is 0 Å². The standard InChI is InChI=1S/C23H18N4OS/c1-29-23-13-18-11-16(14-24)4-9-21(18)27(23)20-7-5-19(6-8-20)26-22(28)12-17-3-2-10-25-15-17/h2-11,13,15H,12H2,1H3,(H,26,28). The van der Waals surface area contributed by atoms with Crippen LogP contribution in [0.2, 0.25) is 0 Å². The molecule has 0 saturated heterocycles. The summed E-state index contributed by atoms with van der Waals surface area (Å²) >= 11 is 1.65. The van der Waals surface area contributed by atoms with Crippen LogP contribution >= 0.6 is 11.8 Å². The second kappa shape index (κ2) is 8.21. The molecule has 0 unspecified atom stereocenters. The Kier molecular flexibility index (Phi) is 5.32. The molecule has 4 aromatic rings. The van der Waals surface area contributed by atoms with Gasteiger partial charge in [-0.2, -0.15) is 5.26 Å². The Morgan fingerprint density at radius 2 is 2.00 bits per heavy atom. The summed E-state index contributed by atoms with van der Waals surface area (Å²) in [4.78, 5) is 16.3. The van der Waals surface area contributed by atoms with Gasteiger partial charge < -0.3 is 9.88 Å². The Labute approximate surface area is 173 Å². The number of nitriles is 1. The maximum absolute atomic E-state index is 12.3. The predicted octanol–water partition coefficient (Wildman–Crippen LogP) is 4.80. The summed E-state index contributed by atoms with van der Waals surface area (Å²) in [6.07, 6.45) is 5.70. The van der Waals surface area contributed by atoms with Crippen LogP contribution in [-0.4, -0.2) is 21.7 Å². The highest BCUT2D eigenvalue weighted by atomic mass is 32.2. The molecule has 0 aliphatic rings. The zero-order valence-corrected chi connectivity index (χ0v) is 16.6. The van der Waals surface area contributed by atoms with Gasteiger partial charge in [0.1, 0.15) is 0 Å². The molecular formula is C23H18N4OS. The Hall–Kier alpha value is -3.56. The number of hydrogen-bond donors (Lipinski definition) is 1. The first kappa shape index (κ1) is 18.8. The van der Waals surface area contributed by atoms with E-state index in [0.29, 0.717) is 5.56 Å². The predicted molar refractivity (Wildman–Crippen MR) is 116 cm³/mol. The lowest BCUT2D eigenvalue weighted by atomic mass is 10.2. The normalized spacial score (nSPS) is 10.6. The van der Waals surface area contributed by atoms with Crippen molar-refractivity contribution >= 4 is 34.3 Å². The molecule has 5 nitrogen and oxygen atoms in total. The number of rotatable bonds is 5. The van der Waals surface area contributed by atoms with E-state index in [1.54, 1.807) is 24.2 Å². The zero-order chi connectivity index (χ0) is 20.2. The summed E-state index contributed by atoms with van der Waals surface area (Å²) in [6.45, 7) is 0. The summed E-state index contributed by atoms with van der Waals surface area (Å²) in [5.74, 6) is -0.0778. The van der Waals surface area contributed by atoms with E-state index in [9.17, 15) is 4.79 Å². The fourth-order valence-electron chi connectivity index (χ4n) is 3.26. The van der Waals surface area contributed by atoms with Gasteiger partial charge >= 0.3 is 0 Å². The number of hydrogen-bond acceptors (Lipinski definition) is 4. The van der Waals surface area contributed by atoms with Crippen molar-refractivity contribution in [1.82, 2.24) is 9.55 Å². The third-order valence-electron chi connectivity index (χ3n) is 4.60. The van der Waals surface area contributed by atoms with E-state index in [4.69, 9.17) is 5.26 Å². The van der Waals surface area contributed by atoms with Gasteiger partial charge in [-0.25, -0.2) is 0 Å². The second-order valence-corrected chi connectivity index (χ2v) is 7.37. The minimum absolute atomic E-state index is 0.0778. The summed E-state index contributed by atoms with van der Waals surface area (Å²) in [6, 6.07) is 21.4. The fourth-order valence-corrected chi connectivity index (χ4v) is 3.89. The van der Waals surface area contributed by atoms with E-state index >= 15 is 0 Å². The van der Waals surface area contributed by atoms with Crippen LogP contribution in [0.1, 0.15) is 11.1 Å². The molecule has 1 amide bonds. The minimum Gasteiger partial charge on any atom is -0.326 e. The fraction of sp³-hybridized carbons (Fsp3) is 0.0870. The molecule has 0 aliphatic carbocycles. The van der Waals surface area contributed by atoms with Crippen molar-refractivity contribution in [3.63, 3.8) is 0 Å². The van der Waals surface area contributed by atoms with Gasteiger partial charge in [0.15, 0.2) is 0 Å². The first-order valence-corrected chi connectivity index (χ1v) is 10.3. The van der Waals surface area contributed by atoms with E-state index < -0.39 is 0 Å². The van der Waals surface area contributed by atoms with Crippen LogP contribution in [0.25, 0.3) is 16.6 Å². The number of benzene rings is 2. The topological polar surface area (TPSA) is 70.7 Å². The maximum atomic E-state index is 12.3. The van der Waals surface area contributed by atoms with Crippen molar-refractivity contribution < 1.29 is 4.79 Å². The molecule has 29 heavy (non-hydrogen) atoms. The Morgan fingerprint density at radius 3 is 2.69 bits per heavy atom. The molecule has 0 spiro atoms. The van der Waals surface area contributed by atoms with Gasteiger partial charge in [0.25, 0.3) is 0 Å². The highest BCUT2D eigenvalue weighted by Gasteiger charge is 2.11. The van der Waals surface area contributed by atoms with Gasteiger partial charge in [0.05, 0.1) is 28.6 Å². The van der Waals surface area contributed by atoms with Gasteiger partial charge in [-0.3, -0.25) is 9.78 Å². The molecule has 4 rings (SSSR count). The largest absolute Gasteiger partial charge is 0.326 e. The van der Waals surface area contributed by atoms with Crippen molar-refractivity contribution in [2.24, 2.45) is 0 Å². The molecule has 6 heteroatoms. The zero-order valence-electron chi connectivity index (χ0n) is 15.8.